The average Bonchev–Trinajstić information content (AvgIpc) is 3.52. The van der Waals surface area contributed by atoms with Crippen LogP contribution in [0.15, 0.2) is 78.0 Å². The number of aliphatic hydroxyl groups is 1. The minimum atomic E-state index is -4.76. The Morgan fingerprint density at radius 2 is 1.73 bits per heavy atom. The Balaban J connectivity index is 1.26. The highest BCUT2D eigenvalue weighted by atomic mass is 32.2. The van der Waals surface area contributed by atoms with Gasteiger partial charge in [-0.1, -0.05) is 30.0 Å². The molecule has 1 fully saturated rings. The number of aliphatic imine (C=N–C) groups is 1. The molecule has 3 aromatic carbocycles. The number of rotatable bonds is 7. The number of halogens is 3. The number of aliphatic hydroxyl groups excluding tert-OH is 1. The van der Waals surface area contributed by atoms with Gasteiger partial charge in [-0.2, -0.15) is 0 Å². The molecule has 1 unspecified atom stereocenters. The molecule has 2 heterocycles. The minimum Gasteiger partial charge on any atom is -0.406 e. The summed E-state index contributed by atoms with van der Waals surface area (Å²) in [5.41, 5.74) is 4.40. The van der Waals surface area contributed by atoms with Crippen LogP contribution < -0.4 is 15.0 Å². The fraction of sp³-hybridized carbons (Fsp3) is 0.185. The molecule has 1 amide bonds. The van der Waals surface area contributed by atoms with Crippen molar-refractivity contribution in [3.63, 3.8) is 0 Å². The maximum absolute atomic E-state index is 12.6. The van der Waals surface area contributed by atoms with Gasteiger partial charge in [-0.25, -0.2) is 14.7 Å². The maximum atomic E-state index is 12.6. The third-order valence-electron chi connectivity index (χ3n) is 5.93. The van der Waals surface area contributed by atoms with Crippen molar-refractivity contribution in [2.24, 2.45) is 4.99 Å². The summed E-state index contributed by atoms with van der Waals surface area (Å²) < 4.78 is 42.4. The Morgan fingerprint density at radius 1 is 1.05 bits per heavy atom. The summed E-state index contributed by atoms with van der Waals surface area (Å²) in [6.45, 7) is 3.85. The lowest BCUT2D eigenvalue weighted by Crippen LogP contribution is -2.32. The number of amides is 1. The molecular formula is C27H23F3N6O3S. The van der Waals surface area contributed by atoms with E-state index in [0.29, 0.717) is 27.9 Å². The highest BCUT2D eigenvalue weighted by Crippen LogP contribution is 2.32. The summed E-state index contributed by atoms with van der Waals surface area (Å²) >= 11 is 1.26. The first-order valence-corrected chi connectivity index (χ1v) is 13.0. The third-order valence-corrected chi connectivity index (χ3v) is 6.86. The zero-order valence-corrected chi connectivity index (χ0v) is 22.1. The molecule has 1 aliphatic rings. The number of carbonyl (C=O) groups is 1. The molecule has 0 radical (unpaired) electrons. The van der Waals surface area contributed by atoms with E-state index in [9.17, 15) is 23.1 Å². The molecule has 5 rings (SSSR count). The predicted octanol–water partition coefficient (Wildman–Crippen LogP) is 5.27. The van der Waals surface area contributed by atoms with Crippen molar-refractivity contribution in [2.75, 3.05) is 16.0 Å². The molecule has 9 nitrogen and oxygen atoms in total. The molecule has 4 aromatic rings. The molecule has 0 spiro atoms. The standard InChI is InChI=1S/C27H23F3N6O3S/c1-16-4-3-5-17(2)23(16)36-22(37)14-40-26(36)33-25(38)32-19-8-6-18(7-9-19)24-31-15-35(34-24)20-10-12-21(13-11-20)39-27(28,29)30/h3-13,15,25,32,38H,14H2,1-2H3. The quantitative estimate of drug-likeness (QED) is 0.293. The highest BCUT2D eigenvalue weighted by Gasteiger charge is 2.32. The van der Waals surface area contributed by atoms with E-state index in [-0.39, 0.29) is 17.4 Å². The van der Waals surface area contributed by atoms with Gasteiger partial charge in [0.25, 0.3) is 0 Å². The molecule has 206 valence electrons. The molecular weight excluding hydrogens is 545 g/mol. The zero-order valence-electron chi connectivity index (χ0n) is 21.3. The van der Waals surface area contributed by atoms with Gasteiger partial charge in [-0.15, -0.1) is 18.3 Å². The van der Waals surface area contributed by atoms with Crippen LogP contribution in [0.4, 0.5) is 24.5 Å². The molecule has 2 N–H and O–H groups in total. The first-order chi connectivity index (χ1) is 19.1. The Bertz CT molecular complexity index is 1530. The van der Waals surface area contributed by atoms with Crippen LogP contribution in [0.5, 0.6) is 5.75 Å². The van der Waals surface area contributed by atoms with E-state index < -0.39 is 12.7 Å². The second kappa shape index (κ2) is 11.0. The number of alkyl halides is 3. The van der Waals surface area contributed by atoms with Gasteiger partial charge in [0.15, 0.2) is 11.0 Å². The lowest BCUT2D eigenvalue weighted by Gasteiger charge is -2.22. The number of nitrogens with zero attached hydrogens (tertiary/aromatic N) is 5. The first kappa shape index (κ1) is 27.2. The summed E-state index contributed by atoms with van der Waals surface area (Å²) in [6.07, 6.45) is -4.61. The molecule has 13 heteroatoms. The van der Waals surface area contributed by atoms with Crippen molar-refractivity contribution in [2.45, 2.75) is 26.6 Å². The number of benzene rings is 3. The first-order valence-electron chi connectivity index (χ1n) is 12.0. The van der Waals surface area contributed by atoms with Crippen LogP contribution >= 0.6 is 11.8 Å². The van der Waals surface area contributed by atoms with Crippen LogP contribution in [0.25, 0.3) is 17.1 Å². The molecule has 0 aliphatic carbocycles. The summed E-state index contributed by atoms with van der Waals surface area (Å²) in [5, 5.41) is 18.3. The van der Waals surface area contributed by atoms with E-state index in [1.54, 1.807) is 29.2 Å². The van der Waals surface area contributed by atoms with Crippen LogP contribution in [0.3, 0.4) is 0 Å². The zero-order chi connectivity index (χ0) is 28.4. The SMILES string of the molecule is Cc1cccc(C)c1N1C(=O)CSC1=NC(O)Nc1ccc(-c2ncn(-c3ccc(OC(F)(F)F)cc3)n2)cc1. The lowest BCUT2D eigenvalue weighted by atomic mass is 10.1. The van der Waals surface area contributed by atoms with Crippen LogP contribution in [0.1, 0.15) is 11.1 Å². The molecule has 1 atom stereocenters. The fourth-order valence-corrected chi connectivity index (χ4v) is 5.04. The van der Waals surface area contributed by atoms with E-state index >= 15 is 0 Å². The van der Waals surface area contributed by atoms with Gasteiger partial charge >= 0.3 is 6.36 Å². The summed E-state index contributed by atoms with van der Waals surface area (Å²) in [5.74, 6) is 0.200. The highest BCUT2D eigenvalue weighted by molar-refractivity contribution is 8.15. The van der Waals surface area contributed by atoms with Crippen molar-refractivity contribution in [1.29, 1.82) is 0 Å². The van der Waals surface area contributed by atoms with Crippen molar-refractivity contribution in [3.05, 3.63) is 84.2 Å². The monoisotopic (exact) mass is 568 g/mol. The van der Waals surface area contributed by atoms with Crippen LogP contribution in [-0.4, -0.2) is 49.4 Å². The van der Waals surface area contributed by atoms with Gasteiger partial charge in [0.05, 0.1) is 17.1 Å². The molecule has 1 saturated heterocycles. The Hall–Kier alpha value is -4.36. The van der Waals surface area contributed by atoms with E-state index in [2.05, 4.69) is 25.1 Å². The largest absolute Gasteiger partial charge is 0.573 e. The second-order valence-corrected chi connectivity index (χ2v) is 9.76. The number of hydrogen-bond acceptors (Lipinski definition) is 8. The number of amidine groups is 1. The van der Waals surface area contributed by atoms with Gasteiger partial charge in [0.2, 0.25) is 12.3 Å². The second-order valence-electron chi connectivity index (χ2n) is 8.82. The van der Waals surface area contributed by atoms with Crippen molar-refractivity contribution < 1.29 is 27.8 Å². The predicted molar refractivity (Wildman–Crippen MR) is 146 cm³/mol. The van der Waals surface area contributed by atoms with E-state index in [0.717, 1.165) is 16.8 Å². The van der Waals surface area contributed by atoms with Gasteiger partial charge < -0.3 is 15.2 Å². The van der Waals surface area contributed by atoms with Crippen LogP contribution in [0.2, 0.25) is 0 Å². The van der Waals surface area contributed by atoms with Gasteiger partial charge in [-0.05, 0) is 73.5 Å². The Labute approximate surface area is 231 Å². The van der Waals surface area contributed by atoms with E-state index in [4.69, 9.17) is 0 Å². The van der Waals surface area contributed by atoms with Crippen LogP contribution in [-0.2, 0) is 4.79 Å². The number of aryl methyl sites for hydroxylation is 2. The average molecular weight is 569 g/mol. The molecule has 0 bridgehead atoms. The molecule has 40 heavy (non-hydrogen) atoms. The number of thioether (sulfide) groups is 1. The summed E-state index contributed by atoms with van der Waals surface area (Å²) in [7, 11) is 0. The third kappa shape index (κ3) is 6.10. The smallest absolute Gasteiger partial charge is 0.406 e. The Kier molecular flexibility index (Phi) is 7.50. The number of nitrogens with one attached hydrogen (secondary N) is 1. The van der Waals surface area contributed by atoms with Crippen molar-refractivity contribution in [1.82, 2.24) is 14.8 Å². The lowest BCUT2D eigenvalue weighted by molar-refractivity contribution is -0.274. The summed E-state index contributed by atoms with van der Waals surface area (Å²) in [4.78, 5) is 22.8. The minimum absolute atomic E-state index is 0.102. The van der Waals surface area contributed by atoms with Gasteiger partial charge in [0.1, 0.15) is 12.1 Å². The normalized spacial score (nSPS) is 15.5. The molecule has 1 aromatic heterocycles. The number of aromatic nitrogens is 3. The molecule has 1 aliphatic heterocycles. The van der Waals surface area contributed by atoms with Gasteiger partial charge in [-0.3, -0.25) is 9.69 Å². The summed E-state index contributed by atoms with van der Waals surface area (Å²) in [6, 6.07) is 18.0. The number of carbonyl (C=O) groups excluding carboxylic acids is 1. The van der Waals surface area contributed by atoms with E-state index in [1.165, 1.54) is 47.0 Å². The Morgan fingerprint density at radius 3 is 2.38 bits per heavy atom. The topological polar surface area (TPSA) is 105 Å². The molecule has 0 saturated carbocycles. The number of para-hydroxylation sites is 1. The van der Waals surface area contributed by atoms with Crippen LogP contribution in [0, 0.1) is 13.8 Å². The number of ether oxygens (including phenoxy) is 1. The fourth-order valence-electron chi connectivity index (χ4n) is 4.16. The van der Waals surface area contributed by atoms with Crippen molar-refractivity contribution >= 4 is 34.2 Å². The van der Waals surface area contributed by atoms with Crippen molar-refractivity contribution in [3.8, 4) is 22.8 Å². The maximum Gasteiger partial charge on any atom is 0.573 e. The number of hydrogen-bond donors (Lipinski definition) is 2. The van der Waals surface area contributed by atoms with Gasteiger partial charge in [0, 0.05) is 11.3 Å². The number of anilines is 2. The van der Waals surface area contributed by atoms with E-state index in [1.807, 2.05) is 32.0 Å².